The minimum Gasteiger partial charge on any atom is -0.455 e. The van der Waals surface area contributed by atoms with Crippen molar-refractivity contribution >= 4 is 28.4 Å². The Morgan fingerprint density at radius 2 is 2.07 bits per heavy atom. The molecule has 7 heteroatoms. The summed E-state index contributed by atoms with van der Waals surface area (Å²) in [5.41, 5.74) is 3.74. The maximum absolute atomic E-state index is 13.5. The van der Waals surface area contributed by atoms with E-state index in [2.05, 4.69) is 15.3 Å². The summed E-state index contributed by atoms with van der Waals surface area (Å²) in [4.78, 5) is 32.6. The molecule has 6 nitrogen and oxygen atoms in total. The molecule has 2 aromatic carbocycles. The van der Waals surface area contributed by atoms with E-state index in [-0.39, 0.29) is 17.4 Å². The number of benzene rings is 2. The fourth-order valence-corrected chi connectivity index (χ4v) is 3.91. The minimum atomic E-state index is -0.404. The average Bonchev–Trinajstić information content (AvgIpc) is 3.30. The number of H-pyrrole nitrogens is 1. The van der Waals surface area contributed by atoms with Gasteiger partial charge in [-0.15, -0.1) is 0 Å². The Morgan fingerprint density at radius 1 is 1.20 bits per heavy atom. The van der Waals surface area contributed by atoms with Crippen LogP contribution < -0.4 is 5.32 Å². The largest absolute Gasteiger partial charge is 0.455 e. The molecular weight excluding hydrogens is 385 g/mol. The molecule has 0 aliphatic heterocycles. The van der Waals surface area contributed by atoms with Crippen LogP contribution in [-0.4, -0.2) is 21.7 Å². The molecule has 2 N–H and O–H groups in total. The van der Waals surface area contributed by atoms with E-state index in [0.717, 1.165) is 6.42 Å². The average molecular weight is 403 g/mol. The molecule has 0 unspecified atom stereocenters. The monoisotopic (exact) mass is 403 g/mol. The molecule has 150 valence electrons. The molecule has 0 atom stereocenters. The number of nitrogens with one attached hydrogen (secondary N) is 2. The number of aromatic amines is 1. The normalized spacial score (nSPS) is 13.5. The van der Waals surface area contributed by atoms with Crippen molar-refractivity contribution in [1.29, 1.82) is 0 Å². The molecule has 1 amide bonds. The fourth-order valence-electron chi connectivity index (χ4n) is 3.91. The second-order valence-corrected chi connectivity index (χ2v) is 7.41. The van der Waals surface area contributed by atoms with E-state index in [4.69, 9.17) is 4.42 Å². The van der Waals surface area contributed by atoms with Gasteiger partial charge in [-0.05, 0) is 43.7 Å². The number of Topliss-reactive ketones (excluding diaryl/α,β-unsaturated/α-hetero) is 1. The third-order valence-corrected chi connectivity index (χ3v) is 5.35. The zero-order valence-corrected chi connectivity index (χ0v) is 16.2. The van der Waals surface area contributed by atoms with Gasteiger partial charge in [0.15, 0.2) is 11.5 Å². The smallest absolute Gasteiger partial charge is 0.291 e. The number of halogens is 1. The number of aryl methyl sites for hydroxylation is 1. The van der Waals surface area contributed by atoms with Crippen LogP contribution in [0.1, 0.15) is 45.1 Å². The third-order valence-electron chi connectivity index (χ3n) is 5.35. The van der Waals surface area contributed by atoms with E-state index in [1.807, 2.05) is 0 Å². The number of ketones is 1. The van der Waals surface area contributed by atoms with Crippen LogP contribution in [0.15, 0.2) is 46.9 Å². The molecule has 0 saturated carbocycles. The fraction of sp³-hybridized carbons (Fsp3) is 0.174. The highest BCUT2D eigenvalue weighted by Gasteiger charge is 2.28. The summed E-state index contributed by atoms with van der Waals surface area (Å²) in [6, 6.07) is 11.4. The number of imidazole rings is 1. The highest BCUT2D eigenvalue weighted by Crippen LogP contribution is 2.30. The number of carbonyl (C=O) groups excluding carboxylic acids is 2. The summed E-state index contributed by atoms with van der Waals surface area (Å²) < 4.78 is 19.2. The lowest BCUT2D eigenvalue weighted by atomic mass is 9.94. The van der Waals surface area contributed by atoms with Gasteiger partial charge in [-0.2, -0.15) is 0 Å². The van der Waals surface area contributed by atoms with Gasteiger partial charge in [0.1, 0.15) is 17.4 Å². The lowest BCUT2D eigenvalue weighted by Crippen LogP contribution is -2.13. The molecule has 30 heavy (non-hydrogen) atoms. The van der Waals surface area contributed by atoms with Crippen LogP contribution in [0.3, 0.4) is 0 Å². The van der Waals surface area contributed by atoms with Gasteiger partial charge >= 0.3 is 0 Å². The summed E-state index contributed by atoms with van der Waals surface area (Å²) in [6.07, 6.45) is 1.89. The van der Waals surface area contributed by atoms with E-state index in [9.17, 15) is 14.0 Å². The first-order valence-corrected chi connectivity index (χ1v) is 9.72. The van der Waals surface area contributed by atoms with Gasteiger partial charge in [0.05, 0.1) is 16.6 Å². The van der Waals surface area contributed by atoms with Crippen LogP contribution >= 0.6 is 0 Å². The third kappa shape index (κ3) is 3.08. The van der Waals surface area contributed by atoms with E-state index in [0.29, 0.717) is 57.8 Å². The number of nitrogens with zero attached hydrogens (tertiary/aromatic N) is 1. The molecule has 0 fully saturated rings. The maximum Gasteiger partial charge on any atom is 0.291 e. The van der Waals surface area contributed by atoms with Crippen molar-refractivity contribution in [2.75, 3.05) is 5.32 Å². The first-order valence-electron chi connectivity index (χ1n) is 9.72. The molecule has 2 heterocycles. The first-order chi connectivity index (χ1) is 14.5. The summed E-state index contributed by atoms with van der Waals surface area (Å²) >= 11 is 0. The summed E-state index contributed by atoms with van der Waals surface area (Å²) in [6.45, 7) is 1.74. The number of furan rings is 1. The van der Waals surface area contributed by atoms with Crippen LogP contribution in [0.5, 0.6) is 0 Å². The number of rotatable bonds is 3. The molecule has 2 aromatic heterocycles. The molecule has 0 radical (unpaired) electrons. The van der Waals surface area contributed by atoms with Crippen molar-refractivity contribution in [3.8, 4) is 11.4 Å². The Morgan fingerprint density at radius 3 is 2.87 bits per heavy atom. The number of amides is 1. The lowest BCUT2D eigenvalue weighted by molar-refractivity contribution is 0.0963. The zero-order valence-electron chi connectivity index (χ0n) is 16.2. The maximum atomic E-state index is 13.5. The quantitative estimate of drug-likeness (QED) is 0.502. The summed E-state index contributed by atoms with van der Waals surface area (Å²) in [5.74, 6) is 0.592. The highest BCUT2D eigenvalue weighted by atomic mass is 19.1. The van der Waals surface area contributed by atoms with E-state index in [1.54, 1.807) is 37.3 Å². The van der Waals surface area contributed by atoms with E-state index < -0.39 is 5.91 Å². The SMILES string of the molecule is Cc1c(C(=O)Nc2ccc3nc(-c4cccc(F)c4)[nH]c3c2)oc2c1C(=O)CCC2. The molecule has 1 aliphatic rings. The standard InChI is InChI=1S/C23H18FN3O3/c1-12-20-18(28)6-3-7-19(20)30-21(12)23(29)25-15-8-9-16-17(11-15)27-22(26-16)13-4-2-5-14(24)10-13/h2,4-5,8-11H,3,6-7H2,1H3,(H,25,29)(H,26,27). The van der Waals surface area contributed by atoms with Crippen molar-refractivity contribution < 1.29 is 18.4 Å². The van der Waals surface area contributed by atoms with Gasteiger partial charge in [-0.3, -0.25) is 9.59 Å². The van der Waals surface area contributed by atoms with Crippen molar-refractivity contribution in [3.05, 3.63) is 70.9 Å². The molecule has 0 saturated heterocycles. The predicted octanol–water partition coefficient (Wildman–Crippen LogP) is 5.04. The van der Waals surface area contributed by atoms with Crippen molar-refractivity contribution in [2.45, 2.75) is 26.2 Å². The van der Waals surface area contributed by atoms with Gasteiger partial charge in [0.2, 0.25) is 0 Å². The van der Waals surface area contributed by atoms with Crippen molar-refractivity contribution in [1.82, 2.24) is 9.97 Å². The molecule has 0 spiro atoms. The van der Waals surface area contributed by atoms with Crippen molar-refractivity contribution in [2.24, 2.45) is 0 Å². The van der Waals surface area contributed by atoms with E-state index >= 15 is 0 Å². The Labute approximate surface area is 171 Å². The predicted molar refractivity (Wildman–Crippen MR) is 110 cm³/mol. The summed E-state index contributed by atoms with van der Waals surface area (Å²) in [5, 5.41) is 2.82. The molecule has 0 bridgehead atoms. The Kier molecular flexibility index (Phi) is 4.24. The number of anilines is 1. The van der Waals surface area contributed by atoms with Crippen LogP contribution in [0.25, 0.3) is 22.4 Å². The Balaban J connectivity index is 1.43. The summed E-state index contributed by atoms with van der Waals surface area (Å²) in [7, 11) is 0. The second kappa shape index (κ2) is 6.95. The van der Waals surface area contributed by atoms with Crippen LogP contribution in [0.2, 0.25) is 0 Å². The van der Waals surface area contributed by atoms with Crippen LogP contribution in [0, 0.1) is 12.7 Å². The number of hydrogen-bond donors (Lipinski definition) is 2. The molecule has 4 aromatic rings. The molecule has 1 aliphatic carbocycles. The van der Waals surface area contributed by atoms with Crippen LogP contribution in [-0.2, 0) is 6.42 Å². The van der Waals surface area contributed by atoms with Crippen LogP contribution in [0.4, 0.5) is 10.1 Å². The lowest BCUT2D eigenvalue weighted by Gasteiger charge is -2.07. The minimum absolute atomic E-state index is 0.0281. The topological polar surface area (TPSA) is 88.0 Å². The van der Waals surface area contributed by atoms with Crippen molar-refractivity contribution in [3.63, 3.8) is 0 Å². The number of carbonyl (C=O) groups is 2. The van der Waals surface area contributed by atoms with Gasteiger partial charge in [0.25, 0.3) is 5.91 Å². The zero-order chi connectivity index (χ0) is 20.8. The highest BCUT2D eigenvalue weighted by molar-refractivity contribution is 6.08. The van der Waals surface area contributed by atoms with Gasteiger partial charge in [-0.1, -0.05) is 12.1 Å². The van der Waals surface area contributed by atoms with Gasteiger partial charge in [0, 0.05) is 29.7 Å². The number of aromatic nitrogens is 2. The Bertz CT molecular complexity index is 1320. The van der Waals surface area contributed by atoms with Gasteiger partial charge in [-0.25, -0.2) is 9.37 Å². The van der Waals surface area contributed by atoms with E-state index in [1.165, 1.54) is 12.1 Å². The second-order valence-electron chi connectivity index (χ2n) is 7.41. The Hall–Kier alpha value is -3.74. The number of fused-ring (bicyclic) bond motifs is 2. The first kappa shape index (κ1) is 18.3. The van der Waals surface area contributed by atoms with Gasteiger partial charge < -0.3 is 14.7 Å². The molecule has 5 rings (SSSR count). The molecular formula is C23H18FN3O3. The number of hydrogen-bond acceptors (Lipinski definition) is 4.